The van der Waals surface area contributed by atoms with E-state index in [4.69, 9.17) is 10.9 Å². The molecule has 3 N–H and O–H groups in total. The molecule has 0 saturated carbocycles. The highest BCUT2D eigenvalue weighted by Gasteiger charge is 2.08. The molecular weight excluding hydrogens is 238 g/mol. The summed E-state index contributed by atoms with van der Waals surface area (Å²) in [7, 11) is 0. The Morgan fingerprint density at radius 1 is 1.37 bits per heavy atom. The Bertz CT molecular complexity index is 584. The molecule has 4 nitrogen and oxygen atoms in total. The van der Waals surface area contributed by atoms with Crippen LogP contribution in [0.15, 0.2) is 35.6 Å². The maximum Gasteiger partial charge on any atom is 0.170 e. The normalized spacial score (nSPS) is 12.5. The number of hydrogen-bond acceptors (Lipinski definition) is 2. The predicted octanol–water partition coefficient (Wildman–Crippen LogP) is 3.17. The molecular formula is C15H21N3O. The predicted molar refractivity (Wildman–Crippen MR) is 78.5 cm³/mol. The molecule has 1 heterocycles. The van der Waals surface area contributed by atoms with E-state index in [0.29, 0.717) is 0 Å². The molecule has 102 valence electrons. The van der Waals surface area contributed by atoms with Gasteiger partial charge in [-0.3, -0.25) is 0 Å². The molecule has 0 aliphatic carbocycles. The molecule has 2 aromatic rings. The van der Waals surface area contributed by atoms with Crippen LogP contribution in [0.4, 0.5) is 0 Å². The van der Waals surface area contributed by atoms with Gasteiger partial charge in [0.2, 0.25) is 0 Å². The highest BCUT2D eigenvalue weighted by atomic mass is 16.4. The van der Waals surface area contributed by atoms with Crippen molar-refractivity contribution in [3.63, 3.8) is 0 Å². The zero-order chi connectivity index (χ0) is 13.8. The molecule has 19 heavy (non-hydrogen) atoms. The number of nitrogens with two attached hydrogens (primary N) is 1. The Morgan fingerprint density at radius 2 is 2.16 bits per heavy atom. The second kappa shape index (κ2) is 5.78. The van der Waals surface area contributed by atoms with Gasteiger partial charge in [0.05, 0.1) is 0 Å². The van der Waals surface area contributed by atoms with Gasteiger partial charge in [-0.1, -0.05) is 31.1 Å². The highest BCUT2D eigenvalue weighted by Crippen LogP contribution is 2.21. The lowest BCUT2D eigenvalue weighted by Crippen LogP contribution is -2.13. The van der Waals surface area contributed by atoms with Crippen LogP contribution in [-0.4, -0.2) is 15.6 Å². The van der Waals surface area contributed by atoms with E-state index in [1.807, 2.05) is 18.2 Å². The molecule has 0 bridgehead atoms. The summed E-state index contributed by atoms with van der Waals surface area (Å²) in [5, 5.41) is 12.9. The summed E-state index contributed by atoms with van der Waals surface area (Å²) in [6.45, 7) is 5.48. The average molecular weight is 259 g/mol. The molecule has 0 atom stereocenters. The van der Waals surface area contributed by atoms with Gasteiger partial charge >= 0.3 is 0 Å². The van der Waals surface area contributed by atoms with Crippen LogP contribution in [0.5, 0.6) is 0 Å². The van der Waals surface area contributed by atoms with Crippen LogP contribution >= 0.6 is 0 Å². The maximum atomic E-state index is 8.81. The Labute approximate surface area is 113 Å². The standard InChI is InChI=1S/C15H21N3O/c1-11(2)5-4-9-18-10-8-12-13(15(16)17-19)6-3-7-14(12)18/h3,6-8,10-11,19H,4-5,9H2,1-2H3,(H2,16,17). The summed E-state index contributed by atoms with van der Waals surface area (Å²) in [4.78, 5) is 0. The molecule has 0 spiro atoms. The minimum atomic E-state index is 0.158. The number of nitrogens with zero attached hydrogens (tertiary/aromatic N) is 2. The first-order chi connectivity index (χ1) is 9.13. The fourth-order valence-corrected chi connectivity index (χ4v) is 2.37. The van der Waals surface area contributed by atoms with Gasteiger partial charge in [0.15, 0.2) is 5.84 Å². The zero-order valence-electron chi connectivity index (χ0n) is 11.5. The molecule has 1 aromatic heterocycles. The fourth-order valence-electron chi connectivity index (χ4n) is 2.37. The van der Waals surface area contributed by atoms with Crippen LogP contribution in [0.2, 0.25) is 0 Å². The fraction of sp³-hybridized carbons (Fsp3) is 0.400. The SMILES string of the molecule is CC(C)CCCn1ccc2c(/C(N)=N/O)cccc21. The van der Waals surface area contributed by atoms with E-state index in [1.165, 1.54) is 6.42 Å². The van der Waals surface area contributed by atoms with Crippen LogP contribution in [0.3, 0.4) is 0 Å². The van der Waals surface area contributed by atoms with Crippen molar-refractivity contribution in [2.45, 2.75) is 33.2 Å². The van der Waals surface area contributed by atoms with Gasteiger partial charge in [-0.15, -0.1) is 0 Å². The van der Waals surface area contributed by atoms with Crippen molar-refractivity contribution in [1.82, 2.24) is 4.57 Å². The Kier molecular flexibility index (Phi) is 4.10. The van der Waals surface area contributed by atoms with E-state index < -0.39 is 0 Å². The molecule has 0 unspecified atom stereocenters. The van der Waals surface area contributed by atoms with E-state index >= 15 is 0 Å². The van der Waals surface area contributed by atoms with Crippen molar-refractivity contribution >= 4 is 16.7 Å². The Hall–Kier alpha value is -1.97. The molecule has 2 rings (SSSR count). The number of benzene rings is 1. The number of aromatic nitrogens is 1. The van der Waals surface area contributed by atoms with Gasteiger partial charge in [0.1, 0.15) is 0 Å². The first-order valence-electron chi connectivity index (χ1n) is 6.69. The summed E-state index contributed by atoms with van der Waals surface area (Å²) in [6, 6.07) is 7.90. The van der Waals surface area contributed by atoms with Crippen LogP contribution in [0.25, 0.3) is 10.9 Å². The second-order valence-electron chi connectivity index (χ2n) is 5.27. The number of aryl methyl sites for hydroxylation is 1. The lowest BCUT2D eigenvalue weighted by atomic mass is 10.1. The van der Waals surface area contributed by atoms with Crippen molar-refractivity contribution < 1.29 is 5.21 Å². The molecule has 0 fully saturated rings. The van der Waals surface area contributed by atoms with Gasteiger partial charge < -0.3 is 15.5 Å². The van der Waals surface area contributed by atoms with Gasteiger partial charge in [0, 0.05) is 29.2 Å². The van der Waals surface area contributed by atoms with E-state index in [1.54, 1.807) is 0 Å². The molecule has 1 aromatic carbocycles. The van der Waals surface area contributed by atoms with E-state index in [-0.39, 0.29) is 5.84 Å². The van der Waals surface area contributed by atoms with Crippen molar-refractivity contribution in [3.05, 3.63) is 36.0 Å². The molecule has 0 amide bonds. The molecule has 0 saturated heterocycles. The smallest absolute Gasteiger partial charge is 0.170 e. The minimum Gasteiger partial charge on any atom is -0.409 e. The van der Waals surface area contributed by atoms with Gasteiger partial charge in [0.25, 0.3) is 0 Å². The number of fused-ring (bicyclic) bond motifs is 1. The van der Waals surface area contributed by atoms with Crippen LogP contribution < -0.4 is 5.73 Å². The largest absolute Gasteiger partial charge is 0.409 e. The Balaban J connectivity index is 2.28. The zero-order valence-corrected chi connectivity index (χ0v) is 11.5. The highest BCUT2D eigenvalue weighted by molar-refractivity contribution is 6.08. The number of amidine groups is 1. The summed E-state index contributed by atoms with van der Waals surface area (Å²) in [5.41, 5.74) is 7.61. The first-order valence-corrected chi connectivity index (χ1v) is 6.69. The molecule has 0 aliphatic heterocycles. The van der Waals surface area contributed by atoms with E-state index in [2.05, 4.69) is 35.8 Å². The van der Waals surface area contributed by atoms with Crippen LogP contribution in [0.1, 0.15) is 32.3 Å². The summed E-state index contributed by atoms with van der Waals surface area (Å²) >= 11 is 0. The topological polar surface area (TPSA) is 63.5 Å². The molecule has 4 heteroatoms. The van der Waals surface area contributed by atoms with E-state index in [9.17, 15) is 0 Å². The second-order valence-corrected chi connectivity index (χ2v) is 5.27. The monoisotopic (exact) mass is 259 g/mol. The van der Waals surface area contributed by atoms with Gasteiger partial charge in [-0.05, 0) is 30.9 Å². The van der Waals surface area contributed by atoms with Crippen molar-refractivity contribution in [2.24, 2.45) is 16.8 Å². The summed E-state index contributed by atoms with van der Waals surface area (Å²) in [5.74, 6) is 0.889. The number of oxime groups is 1. The van der Waals surface area contributed by atoms with Crippen LogP contribution in [-0.2, 0) is 6.54 Å². The van der Waals surface area contributed by atoms with Crippen molar-refractivity contribution in [1.29, 1.82) is 0 Å². The van der Waals surface area contributed by atoms with Crippen molar-refractivity contribution in [2.75, 3.05) is 0 Å². The first kappa shape index (κ1) is 13.5. The lowest BCUT2D eigenvalue weighted by Gasteiger charge is -2.08. The lowest BCUT2D eigenvalue weighted by molar-refractivity contribution is 0.318. The number of hydrogen-bond donors (Lipinski definition) is 2. The quantitative estimate of drug-likeness (QED) is 0.375. The summed E-state index contributed by atoms with van der Waals surface area (Å²) < 4.78 is 2.23. The number of rotatable bonds is 5. The van der Waals surface area contributed by atoms with Gasteiger partial charge in [-0.25, -0.2) is 0 Å². The third-order valence-corrected chi connectivity index (χ3v) is 3.38. The third-order valence-electron chi connectivity index (χ3n) is 3.38. The van der Waals surface area contributed by atoms with Gasteiger partial charge in [-0.2, -0.15) is 0 Å². The molecule has 0 aliphatic rings. The summed E-state index contributed by atoms with van der Waals surface area (Å²) in [6.07, 6.45) is 4.45. The Morgan fingerprint density at radius 3 is 2.84 bits per heavy atom. The van der Waals surface area contributed by atoms with Crippen molar-refractivity contribution in [3.8, 4) is 0 Å². The van der Waals surface area contributed by atoms with E-state index in [0.717, 1.165) is 35.3 Å². The maximum absolute atomic E-state index is 8.81. The minimum absolute atomic E-state index is 0.158. The molecule has 0 radical (unpaired) electrons. The van der Waals surface area contributed by atoms with Crippen LogP contribution in [0, 0.1) is 5.92 Å². The average Bonchev–Trinajstić information content (AvgIpc) is 2.81. The third kappa shape index (κ3) is 2.89.